The molecule has 0 saturated heterocycles. The zero-order valence-corrected chi connectivity index (χ0v) is 12.5. The van der Waals surface area contributed by atoms with Gasteiger partial charge in [0.25, 0.3) is 0 Å². The van der Waals surface area contributed by atoms with Crippen molar-refractivity contribution in [2.24, 2.45) is 0 Å². The molecule has 0 fully saturated rings. The van der Waals surface area contributed by atoms with Crippen molar-refractivity contribution >= 4 is 40.0 Å². The summed E-state index contributed by atoms with van der Waals surface area (Å²) < 4.78 is 36.1. The second-order valence-corrected chi connectivity index (χ2v) is 4.89. The summed E-state index contributed by atoms with van der Waals surface area (Å²) >= 11 is 11.2. The van der Waals surface area contributed by atoms with Gasteiger partial charge in [-0.05, 0) is 6.07 Å². The smallest absolute Gasteiger partial charge is 0.358 e. The molecule has 5 nitrogen and oxygen atoms in total. The molecule has 0 aliphatic carbocycles. The standard InChI is InChI=1S/C12H11Cl2F3N4O/c13-7-3-8(5-19-4-7)20-6-9(11(14)18)21-10(22)1-2-12(15,16)17/h3-6,18,20H,1-2H2,(H,21,22)/b9-6+,18-11?. The molecule has 1 rings (SSSR count). The molecule has 0 radical (unpaired) electrons. The molecule has 22 heavy (non-hydrogen) atoms. The predicted molar refractivity (Wildman–Crippen MR) is 78.0 cm³/mol. The van der Waals surface area contributed by atoms with Crippen LogP contribution in [0.4, 0.5) is 18.9 Å². The van der Waals surface area contributed by atoms with Crippen LogP contribution in [0.15, 0.2) is 30.4 Å². The molecule has 0 bridgehead atoms. The number of aromatic nitrogens is 1. The molecule has 0 aliphatic rings. The predicted octanol–water partition coefficient (Wildman–Crippen LogP) is 3.66. The lowest BCUT2D eigenvalue weighted by Gasteiger charge is -2.10. The highest BCUT2D eigenvalue weighted by molar-refractivity contribution is 6.68. The maximum absolute atomic E-state index is 12.0. The van der Waals surface area contributed by atoms with Crippen molar-refractivity contribution in [1.82, 2.24) is 10.3 Å². The Morgan fingerprint density at radius 3 is 2.64 bits per heavy atom. The largest absolute Gasteiger partial charge is 0.389 e. The Kier molecular flexibility index (Phi) is 6.63. The maximum Gasteiger partial charge on any atom is 0.389 e. The van der Waals surface area contributed by atoms with E-state index >= 15 is 0 Å². The van der Waals surface area contributed by atoms with Crippen molar-refractivity contribution in [1.29, 1.82) is 5.41 Å². The summed E-state index contributed by atoms with van der Waals surface area (Å²) in [6.45, 7) is 0. The van der Waals surface area contributed by atoms with E-state index in [4.69, 9.17) is 28.6 Å². The van der Waals surface area contributed by atoms with E-state index in [1.807, 2.05) is 0 Å². The lowest BCUT2D eigenvalue weighted by molar-refractivity contribution is -0.143. The molecule has 0 atom stereocenters. The fourth-order valence-electron chi connectivity index (χ4n) is 1.27. The summed E-state index contributed by atoms with van der Waals surface area (Å²) in [5.74, 6) is -0.903. The minimum atomic E-state index is -4.43. The number of alkyl halides is 3. The van der Waals surface area contributed by atoms with E-state index in [-0.39, 0.29) is 5.70 Å². The Labute approximate surface area is 134 Å². The van der Waals surface area contributed by atoms with Gasteiger partial charge in [-0.15, -0.1) is 0 Å². The summed E-state index contributed by atoms with van der Waals surface area (Å²) in [4.78, 5) is 15.2. The second kappa shape index (κ2) is 8.00. The third-order valence-corrected chi connectivity index (χ3v) is 2.64. The van der Waals surface area contributed by atoms with Crippen LogP contribution < -0.4 is 10.6 Å². The average molecular weight is 355 g/mol. The third-order valence-electron chi connectivity index (χ3n) is 2.23. The van der Waals surface area contributed by atoms with Gasteiger partial charge in [-0.1, -0.05) is 23.2 Å². The van der Waals surface area contributed by atoms with Crippen molar-refractivity contribution in [2.45, 2.75) is 19.0 Å². The van der Waals surface area contributed by atoms with Gasteiger partial charge in [0, 0.05) is 18.8 Å². The third kappa shape index (κ3) is 7.28. The number of allylic oxidation sites excluding steroid dienone is 1. The molecule has 1 aromatic rings. The van der Waals surface area contributed by atoms with E-state index in [1.54, 1.807) is 0 Å². The Bertz CT molecular complexity index is 590. The van der Waals surface area contributed by atoms with Gasteiger partial charge in [-0.25, -0.2) is 0 Å². The van der Waals surface area contributed by atoms with Gasteiger partial charge in [0.15, 0.2) is 0 Å². The highest BCUT2D eigenvalue weighted by atomic mass is 35.5. The number of nitrogens with one attached hydrogen (secondary N) is 3. The first-order valence-corrected chi connectivity index (χ1v) is 6.61. The van der Waals surface area contributed by atoms with Crippen molar-refractivity contribution in [3.05, 3.63) is 35.4 Å². The fourth-order valence-corrected chi connectivity index (χ4v) is 1.54. The van der Waals surface area contributed by atoms with Gasteiger partial charge in [0.2, 0.25) is 5.91 Å². The van der Waals surface area contributed by atoms with E-state index in [2.05, 4.69) is 15.6 Å². The van der Waals surface area contributed by atoms with Gasteiger partial charge in [0.05, 0.1) is 29.0 Å². The number of nitrogens with zero attached hydrogens (tertiary/aromatic N) is 1. The van der Waals surface area contributed by atoms with Crippen LogP contribution in [0.25, 0.3) is 0 Å². The van der Waals surface area contributed by atoms with Crippen LogP contribution in [0, 0.1) is 5.41 Å². The quantitative estimate of drug-likeness (QED) is 0.682. The number of halogens is 5. The first-order chi connectivity index (χ1) is 10.2. The Balaban J connectivity index is 2.67. The summed E-state index contributed by atoms with van der Waals surface area (Å²) in [7, 11) is 0. The second-order valence-electron chi connectivity index (χ2n) is 4.07. The van der Waals surface area contributed by atoms with E-state index < -0.39 is 30.1 Å². The molecule has 0 aromatic carbocycles. The summed E-state index contributed by atoms with van der Waals surface area (Å²) in [6, 6.07) is 1.52. The van der Waals surface area contributed by atoms with Crippen molar-refractivity contribution in [3.63, 3.8) is 0 Å². The highest BCUT2D eigenvalue weighted by Crippen LogP contribution is 2.21. The zero-order chi connectivity index (χ0) is 16.8. The number of hydrogen-bond acceptors (Lipinski definition) is 4. The van der Waals surface area contributed by atoms with E-state index in [0.29, 0.717) is 10.7 Å². The van der Waals surface area contributed by atoms with Gasteiger partial charge in [0.1, 0.15) is 5.17 Å². The molecule has 1 aromatic heterocycles. The maximum atomic E-state index is 12.0. The van der Waals surface area contributed by atoms with Crippen molar-refractivity contribution < 1.29 is 18.0 Å². The minimum Gasteiger partial charge on any atom is -0.358 e. The van der Waals surface area contributed by atoms with Crippen molar-refractivity contribution in [2.75, 3.05) is 5.32 Å². The Hall–Kier alpha value is -1.80. The lowest BCUT2D eigenvalue weighted by atomic mass is 10.3. The molecule has 1 amide bonds. The Morgan fingerprint density at radius 1 is 1.41 bits per heavy atom. The fraction of sp³-hybridized carbons (Fsp3) is 0.250. The van der Waals surface area contributed by atoms with Gasteiger partial charge in [-0.3, -0.25) is 15.2 Å². The molecule has 0 aliphatic heterocycles. The van der Waals surface area contributed by atoms with Crippen LogP contribution in [0.5, 0.6) is 0 Å². The molecule has 0 saturated carbocycles. The molecule has 1 heterocycles. The SMILES string of the molecule is N=C(Cl)/C(=C\Nc1cncc(Cl)c1)NC(=O)CCC(F)(F)F. The van der Waals surface area contributed by atoms with Crippen LogP contribution in [0.3, 0.4) is 0 Å². The zero-order valence-electron chi connectivity index (χ0n) is 11.0. The van der Waals surface area contributed by atoms with E-state index in [9.17, 15) is 18.0 Å². The van der Waals surface area contributed by atoms with E-state index in [0.717, 1.165) is 6.20 Å². The molecule has 0 unspecified atom stereocenters. The van der Waals surface area contributed by atoms with Gasteiger partial charge < -0.3 is 10.6 Å². The monoisotopic (exact) mass is 354 g/mol. The number of rotatable bonds is 6. The van der Waals surface area contributed by atoms with Crippen LogP contribution >= 0.6 is 23.2 Å². The molecule has 10 heteroatoms. The molecule has 120 valence electrons. The topological polar surface area (TPSA) is 77.9 Å². The first-order valence-electron chi connectivity index (χ1n) is 5.85. The normalized spacial score (nSPS) is 12.0. The molecular weight excluding hydrogens is 344 g/mol. The number of hydrogen-bond donors (Lipinski definition) is 3. The van der Waals surface area contributed by atoms with Crippen LogP contribution in [0.2, 0.25) is 5.02 Å². The van der Waals surface area contributed by atoms with Crippen molar-refractivity contribution in [3.8, 4) is 0 Å². The average Bonchev–Trinajstić information content (AvgIpc) is 2.40. The number of carbonyl (C=O) groups excluding carboxylic acids is 1. The molecule has 0 spiro atoms. The minimum absolute atomic E-state index is 0.172. The van der Waals surface area contributed by atoms with Gasteiger partial charge >= 0.3 is 6.18 Å². The number of anilines is 1. The Morgan fingerprint density at radius 2 is 2.09 bits per heavy atom. The van der Waals surface area contributed by atoms with Gasteiger partial charge in [-0.2, -0.15) is 13.2 Å². The first kappa shape index (κ1) is 18.2. The van der Waals surface area contributed by atoms with Crippen LogP contribution in [-0.4, -0.2) is 22.2 Å². The lowest BCUT2D eigenvalue weighted by Crippen LogP contribution is -2.27. The molecular formula is C12H11Cl2F3N4O. The summed E-state index contributed by atoms with van der Waals surface area (Å²) in [5, 5.41) is 11.9. The number of pyridine rings is 1. The van der Waals surface area contributed by atoms with E-state index in [1.165, 1.54) is 18.5 Å². The number of amides is 1. The summed E-state index contributed by atoms with van der Waals surface area (Å²) in [5.41, 5.74) is 0.279. The van der Waals surface area contributed by atoms with Crippen LogP contribution in [-0.2, 0) is 4.79 Å². The summed E-state index contributed by atoms with van der Waals surface area (Å²) in [6.07, 6.45) is -2.46. The highest BCUT2D eigenvalue weighted by Gasteiger charge is 2.28. The molecule has 3 N–H and O–H groups in total. The number of carbonyl (C=O) groups is 1. The van der Waals surface area contributed by atoms with Crippen LogP contribution in [0.1, 0.15) is 12.8 Å².